The fourth-order valence-corrected chi connectivity index (χ4v) is 2.67. The minimum atomic E-state index is 0.310. The van der Waals surface area contributed by atoms with Crippen LogP contribution in [-0.2, 0) is 0 Å². The summed E-state index contributed by atoms with van der Waals surface area (Å²) in [7, 11) is 0. The number of hydrogen-bond acceptors (Lipinski definition) is 3. The molecular weight excluding hydrogens is 234 g/mol. The molecule has 94 valence electrons. The van der Waals surface area contributed by atoms with Crippen molar-refractivity contribution in [2.75, 3.05) is 11.9 Å². The number of hydrogen-bond donors (Lipinski definition) is 1. The van der Waals surface area contributed by atoms with Crippen LogP contribution in [0.4, 0.5) is 5.82 Å². The summed E-state index contributed by atoms with van der Waals surface area (Å²) in [4.78, 5) is 8.00. The molecule has 1 aliphatic rings. The Morgan fingerprint density at radius 2 is 2.00 bits per heavy atom. The van der Waals surface area contributed by atoms with Gasteiger partial charge in [0, 0.05) is 12.7 Å². The van der Waals surface area contributed by atoms with Crippen molar-refractivity contribution in [1.82, 2.24) is 9.97 Å². The number of aromatic nitrogens is 2. The van der Waals surface area contributed by atoms with E-state index in [2.05, 4.69) is 22.2 Å². The van der Waals surface area contributed by atoms with Crippen LogP contribution in [0.25, 0.3) is 0 Å². The molecule has 0 aliphatic heterocycles. The second-order valence-electron chi connectivity index (χ2n) is 4.89. The standard InChI is InChI=1S/C13H20ClN3/c1-2-10-3-5-11(6-4-10)9-16-12-7-8-15-13(14)17-12/h7-8,10-11H,2-6,9H2,1H3,(H,15,16,17). The van der Waals surface area contributed by atoms with Crippen LogP contribution in [-0.4, -0.2) is 16.5 Å². The summed E-state index contributed by atoms with van der Waals surface area (Å²) in [5, 5.41) is 3.66. The van der Waals surface area contributed by atoms with Gasteiger partial charge >= 0.3 is 0 Å². The number of anilines is 1. The summed E-state index contributed by atoms with van der Waals surface area (Å²) in [5.41, 5.74) is 0. The molecule has 2 rings (SSSR count). The van der Waals surface area contributed by atoms with Gasteiger partial charge in [0.2, 0.25) is 5.28 Å². The molecule has 0 spiro atoms. The van der Waals surface area contributed by atoms with Gasteiger partial charge in [-0.2, -0.15) is 0 Å². The zero-order valence-corrected chi connectivity index (χ0v) is 11.1. The quantitative estimate of drug-likeness (QED) is 0.831. The van der Waals surface area contributed by atoms with Crippen molar-refractivity contribution in [3.8, 4) is 0 Å². The van der Waals surface area contributed by atoms with E-state index < -0.39 is 0 Å². The van der Waals surface area contributed by atoms with E-state index >= 15 is 0 Å². The van der Waals surface area contributed by atoms with Crippen molar-refractivity contribution in [2.24, 2.45) is 11.8 Å². The Bertz CT molecular complexity index is 348. The largest absolute Gasteiger partial charge is 0.370 e. The molecule has 3 nitrogen and oxygen atoms in total. The lowest BCUT2D eigenvalue weighted by Gasteiger charge is -2.27. The summed E-state index contributed by atoms with van der Waals surface area (Å²) in [6, 6.07) is 1.86. The topological polar surface area (TPSA) is 37.8 Å². The van der Waals surface area contributed by atoms with Crippen LogP contribution < -0.4 is 5.32 Å². The second kappa shape index (κ2) is 6.20. The van der Waals surface area contributed by atoms with E-state index in [0.29, 0.717) is 5.28 Å². The van der Waals surface area contributed by atoms with E-state index in [1.54, 1.807) is 6.20 Å². The van der Waals surface area contributed by atoms with Gasteiger partial charge in [0.15, 0.2) is 0 Å². The van der Waals surface area contributed by atoms with Crippen molar-refractivity contribution >= 4 is 17.4 Å². The maximum atomic E-state index is 5.74. The van der Waals surface area contributed by atoms with Crippen LogP contribution in [0.1, 0.15) is 39.0 Å². The SMILES string of the molecule is CCC1CCC(CNc2ccnc(Cl)n2)CC1. The van der Waals surface area contributed by atoms with E-state index in [9.17, 15) is 0 Å². The maximum Gasteiger partial charge on any atom is 0.224 e. The van der Waals surface area contributed by atoms with E-state index in [1.807, 2.05) is 6.07 Å². The Morgan fingerprint density at radius 3 is 2.65 bits per heavy atom. The Kier molecular flexibility index (Phi) is 4.60. The Labute approximate surface area is 108 Å². The highest BCUT2D eigenvalue weighted by molar-refractivity contribution is 6.28. The van der Waals surface area contributed by atoms with Crippen molar-refractivity contribution in [1.29, 1.82) is 0 Å². The van der Waals surface area contributed by atoms with Gasteiger partial charge in [-0.15, -0.1) is 0 Å². The van der Waals surface area contributed by atoms with Gasteiger partial charge in [-0.3, -0.25) is 0 Å². The van der Waals surface area contributed by atoms with Gasteiger partial charge < -0.3 is 5.32 Å². The predicted octanol–water partition coefficient (Wildman–Crippen LogP) is 3.76. The molecule has 4 heteroatoms. The van der Waals surface area contributed by atoms with E-state index in [-0.39, 0.29) is 0 Å². The lowest BCUT2D eigenvalue weighted by Crippen LogP contribution is -2.21. The third kappa shape index (κ3) is 3.84. The average Bonchev–Trinajstić information content (AvgIpc) is 2.37. The highest BCUT2D eigenvalue weighted by Gasteiger charge is 2.19. The molecule has 0 saturated heterocycles. The van der Waals surface area contributed by atoms with Crippen LogP contribution in [0.5, 0.6) is 0 Å². The first-order valence-electron chi connectivity index (χ1n) is 6.50. The second-order valence-corrected chi connectivity index (χ2v) is 5.22. The van der Waals surface area contributed by atoms with E-state index in [0.717, 1.165) is 24.2 Å². The molecule has 0 atom stereocenters. The van der Waals surface area contributed by atoms with E-state index in [1.165, 1.54) is 32.1 Å². The van der Waals surface area contributed by atoms with Gasteiger partial charge in [0.25, 0.3) is 0 Å². The Morgan fingerprint density at radius 1 is 1.29 bits per heavy atom. The molecule has 0 amide bonds. The average molecular weight is 254 g/mol. The zero-order chi connectivity index (χ0) is 12.1. The summed E-state index contributed by atoms with van der Waals surface area (Å²) < 4.78 is 0. The van der Waals surface area contributed by atoms with Crippen LogP contribution in [0.15, 0.2) is 12.3 Å². The molecule has 0 unspecified atom stereocenters. The number of rotatable bonds is 4. The minimum absolute atomic E-state index is 0.310. The molecule has 1 fully saturated rings. The maximum absolute atomic E-state index is 5.74. The molecule has 1 heterocycles. The van der Waals surface area contributed by atoms with Gasteiger partial charge in [-0.1, -0.05) is 26.2 Å². The van der Waals surface area contributed by atoms with Crippen molar-refractivity contribution in [3.05, 3.63) is 17.5 Å². The summed E-state index contributed by atoms with van der Waals surface area (Å²) >= 11 is 5.74. The molecule has 1 saturated carbocycles. The molecule has 0 aromatic carbocycles. The van der Waals surface area contributed by atoms with Crippen LogP contribution in [0.3, 0.4) is 0 Å². The lowest BCUT2D eigenvalue weighted by molar-refractivity contribution is 0.278. The minimum Gasteiger partial charge on any atom is -0.370 e. The van der Waals surface area contributed by atoms with Gasteiger partial charge in [0.1, 0.15) is 5.82 Å². The molecule has 1 N–H and O–H groups in total. The molecule has 1 aromatic heterocycles. The van der Waals surface area contributed by atoms with E-state index in [4.69, 9.17) is 11.6 Å². The van der Waals surface area contributed by atoms with Crippen LogP contribution in [0.2, 0.25) is 5.28 Å². The summed E-state index contributed by atoms with van der Waals surface area (Å²) in [6.07, 6.45) is 8.46. The highest BCUT2D eigenvalue weighted by atomic mass is 35.5. The lowest BCUT2D eigenvalue weighted by atomic mass is 9.81. The first-order chi connectivity index (χ1) is 8.28. The van der Waals surface area contributed by atoms with Gasteiger partial charge in [-0.25, -0.2) is 9.97 Å². The Hall–Kier alpha value is -0.830. The Balaban J connectivity index is 1.76. The molecule has 1 aromatic rings. The fraction of sp³-hybridized carbons (Fsp3) is 0.692. The first-order valence-corrected chi connectivity index (χ1v) is 6.88. The van der Waals surface area contributed by atoms with Crippen LogP contribution in [0, 0.1) is 11.8 Å². The van der Waals surface area contributed by atoms with Crippen molar-refractivity contribution in [3.63, 3.8) is 0 Å². The van der Waals surface area contributed by atoms with Gasteiger partial charge in [0.05, 0.1) is 0 Å². The first kappa shape index (κ1) is 12.6. The molecule has 1 aliphatic carbocycles. The number of nitrogens with zero attached hydrogens (tertiary/aromatic N) is 2. The molecule has 0 bridgehead atoms. The zero-order valence-electron chi connectivity index (χ0n) is 10.3. The third-order valence-corrected chi connectivity index (χ3v) is 3.92. The smallest absolute Gasteiger partial charge is 0.224 e. The normalized spacial score (nSPS) is 24.6. The predicted molar refractivity (Wildman–Crippen MR) is 71.3 cm³/mol. The van der Waals surface area contributed by atoms with Gasteiger partial charge in [-0.05, 0) is 42.3 Å². The van der Waals surface area contributed by atoms with Crippen molar-refractivity contribution in [2.45, 2.75) is 39.0 Å². The van der Waals surface area contributed by atoms with Crippen molar-refractivity contribution < 1.29 is 0 Å². The number of nitrogens with one attached hydrogen (secondary N) is 1. The van der Waals surface area contributed by atoms with Crippen LogP contribution >= 0.6 is 11.6 Å². The molecule has 17 heavy (non-hydrogen) atoms. The monoisotopic (exact) mass is 253 g/mol. The highest BCUT2D eigenvalue weighted by Crippen LogP contribution is 2.30. The fourth-order valence-electron chi connectivity index (χ4n) is 2.53. The molecular formula is C13H20ClN3. The summed E-state index contributed by atoms with van der Waals surface area (Å²) in [6.45, 7) is 3.30. The molecule has 0 radical (unpaired) electrons. The summed E-state index contributed by atoms with van der Waals surface area (Å²) in [5.74, 6) is 2.58. The third-order valence-electron chi connectivity index (χ3n) is 3.74. The number of halogens is 1.